The highest BCUT2D eigenvalue weighted by molar-refractivity contribution is 5.85. The molecule has 3 atom stereocenters. The maximum absolute atomic E-state index is 13.7. The van der Waals surface area contributed by atoms with Gasteiger partial charge in [0.2, 0.25) is 5.91 Å². The summed E-state index contributed by atoms with van der Waals surface area (Å²) in [7, 11) is 0. The largest absolute Gasteiger partial charge is 0.350 e. The molecule has 0 spiro atoms. The molecule has 152 valence electrons. The van der Waals surface area contributed by atoms with Gasteiger partial charge in [-0.25, -0.2) is 17.6 Å². The van der Waals surface area contributed by atoms with E-state index in [1.54, 1.807) is 0 Å². The van der Waals surface area contributed by atoms with Crippen molar-refractivity contribution in [3.63, 3.8) is 0 Å². The van der Waals surface area contributed by atoms with Crippen LogP contribution in [0.1, 0.15) is 38.3 Å². The van der Waals surface area contributed by atoms with Crippen LogP contribution in [0.2, 0.25) is 0 Å². The Kier molecular flexibility index (Phi) is 6.76. The number of rotatable bonds is 4. The summed E-state index contributed by atoms with van der Waals surface area (Å²) in [5, 5.41) is 5.37. The Labute approximate surface area is 162 Å². The van der Waals surface area contributed by atoms with E-state index < -0.39 is 42.5 Å². The minimum atomic E-state index is -2.89. The third kappa shape index (κ3) is 4.73. The molecule has 2 N–H and O–H groups in total. The van der Waals surface area contributed by atoms with E-state index in [0.717, 1.165) is 12.1 Å². The topological polar surface area (TPSA) is 44.4 Å². The molecule has 1 aromatic rings. The molecular weight excluding hydrogens is 386 g/mol. The van der Waals surface area contributed by atoms with Gasteiger partial charge in [0.15, 0.2) is 11.6 Å². The Bertz CT molecular complexity index is 689. The van der Waals surface area contributed by atoms with Crippen molar-refractivity contribution in [3.8, 4) is 0 Å². The van der Waals surface area contributed by atoms with Crippen LogP contribution in [0.3, 0.4) is 0 Å². The van der Waals surface area contributed by atoms with E-state index in [4.69, 9.17) is 0 Å². The first-order valence-corrected chi connectivity index (χ1v) is 8.80. The number of hydrogen-bond acceptors (Lipinski definition) is 3. The van der Waals surface area contributed by atoms with E-state index in [2.05, 4.69) is 15.5 Å². The highest BCUT2D eigenvalue weighted by atomic mass is 35.5. The summed E-state index contributed by atoms with van der Waals surface area (Å²) in [6, 6.07) is 2.21. The van der Waals surface area contributed by atoms with Gasteiger partial charge in [0.25, 0.3) is 5.92 Å². The minimum Gasteiger partial charge on any atom is -0.350 e. The standard InChI is InChI=1S/C18H23F4N3O.ClH/c1-10(2)25-6-5-14(16(25)11-3-4-12(19)13(20)7-11)24-17(26)15-8-18(21,22)9-23-15;/h3-4,7,10,14-16,23H,5-6,8-9H2,1-2H3,(H,24,26);1H. The zero-order valence-electron chi connectivity index (χ0n) is 15.1. The van der Waals surface area contributed by atoms with Crippen molar-refractivity contribution >= 4 is 18.3 Å². The number of carbonyl (C=O) groups excluding carboxylic acids is 1. The highest BCUT2D eigenvalue weighted by Crippen LogP contribution is 2.35. The Morgan fingerprint density at radius 3 is 2.56 bits per heavy atom. The van der Waals surface area contributed by atoms with Crippen molar-refractivity contribution in [1.82, 2.24) is 15.5 Å². The number of likely N-dealkylation sites (tertiary alicyclic amines) is 1. The van der Waals surface area contributed by atoms with Crippen molar-refractivity contribution < 1.29 is 22.4 Å². The van der Waals surface area contributed by atoms with Crippen molar-refractivity contribution in [1.29, 1.82) is 0 Å². The van der Waals surface area contributed by atoms with Crippen molar-refractivity contribution in [2.75, 3.05) is 13.1 Å². The third-order valence-electron chi connectivity index (χ3n) is 5.14. The van der Waals surface area contributed by atoms with Crippen LogP contribution in [0, 0.1) is 11.6 Å². The van der Waals surface area contributed by atoms with Crippen LogP contribution in [0.5, 0.6) is 0 Å². The molecule has 3 rings (SSSR count). The van der Waals surface area contributed by atoms with E-state index in [-0.39, 0.29) is 30.5 Å². The fraction of sp³-hybridized carbons (Fsp3) is 0.611. The molecule has 2 saturated heterocycles. The Balaban J connectivity index is 0.00000261. The molecule has 4 nitrogen and oxygen atoms in total. The van der Waals surface area contributed by atoms with E-state index >= 15 is 0 Å². The predicted molar refractivity (Wildman–Crippen MR) is 96.1 cm³/mol. The molecule has 1 aromatic carbocycles. The predicted octanol–water partition coefficient (Wildman–Crippen LogP) is 3.02. The van der Waals surface area contributed by atoms with E-state index in [1.165, 1.54) is 6.07 Å². The van der Waals surface area contributed by atoms with Crippen LogP contribution < -0.4 is 10.6 Å². The molecule has 0 bridgehead atoms. The second-order valence-corrected chi connectivity index (χ2v) is 7.35. The summed E-state index contributed by atoms with van der Waals surface area (Å²) in [6.07, 6.45) is 0.0754. The Morgan fingerprint density at radius 1 is 1.30 bits per heavy atom. The van der Waals surface area contributed by atoms with Crippen molar-refractivity contribution in [2.45, 2.75) is 56.8 Å². The van der Waals surface area contributed by atoms with Crippen LogP contribution in [0.15, 0.2) is 18.2 Å². The van der Waals surface area contributed by atoms with E-state index in [1.807, 2.05) is 13.8 Å². The summed E-state index contributed by atoms with van der Waals surface area (Å²) in [5.74, 6) is -5.24. The fourth-order valence-corrected chi connectivity index (χ4v) is 3.85. The van der Waals surface area contributed by atoms with Gasteiger partial charge < -0.3 is 5.32 Å². The van der Waals surface area contributed by atoms with Crippen LogP contribution in [-0.4, -0.2) is 47.9 Å². The van der Waals surface area contributed by atoms with Gasteiger partial charge in [0.05, 0.1) is 18.6 Å². The van der Waals surface area contributed by atoms with Gasteiger partial charge in [-0.15, -0.1) is 12.4 Å². The average molecular weight is 410 g/mol. The molecule has 2 aliphatic heterocycles. The zero-order chi connectivity index (χ0) is 19.1. The molecule has 0 aliphatic carbocycles. The lowest BCUT2D eigenvalue weighted by molar-refractivity contribution is -0.124. The van der Waals surface area contributed by atoms with Gasteiger partial charge in [-0.3, -0.25) is 15.0 Å². The van der Waals surface area contributed by atoms with Crippen LogP contribution in [0.25, 0.3) is 0 Å². The lowest BCUT2D eigenvalue weighted by Crippen LogP contribution is -2.47. The first-order valence-electron chi connectivity index (χ1n) is 8.80. The van der Waals surface area contributed by atoms with Crippen molar-refractivity contribution in [3.05, 3.63) is 35.4 Å². The molecule has 0 aromatic heterocycles. The number of nitrogens with one attached hydrogen (secondary N) is 2. The number of halogens is 5. The van der Waals surface area contributed by atoms with E-state index in [9.17, 15) is 22.4 Å². The molecule has 9 heteroatoms. The first kappa shape index (κ1) is 21.9. The molecule has 0 radical (unpaired) electrons. The van der Waals surface area contributed by atoms with Crippen molar-refractivity contribution in [2.24, 2.45) is 0 Å². The summed E-state index contributed by atoms with van der Waals surface area (Å²) in [4.78, 5) is 14.5. The number of alkyl halides is 2. The highest BCUT2D eigenvalue weighted by Gasteiger charge is 2.44. The number of benzene rings is 1. The molecule has 0 saturated carbocycles. The molecule has 3 unspecified atom stereocenters. The maximum Gasteiger partial charge on any atom is 0.262 e. The average Bonchev–Trinajstić information content (AvgIpc) is 3.13. The minimum absolute atomic E-state index is 0. The van der Waals surface area contributed by atoms with Crippen LogP contribution in [0.4, 0.5) is 17.6 Å². The summed E-state index contributed by atoms with van der Waals surface area (Å²) >= 11 is 0. The summed E-state index contributed by atoms with van der Waals surface area (Å²) in [5.41, 5.74) is 0.560. The SMILES string of the molecule is CC(C)N1CCC(NC(=O)C2CC(F)(F)CN2)C1c1ccc(F)c(F)c1.Cl. The van der Waals surface area contributed by atoms with Crippen LogP contribution >= 0.6 is 12.4 Å². The maximum atomic E-state index is 13.7. The molecule has 2 heterocycles. The Morgan fingerprint density at radius 2 is 2.00 bits per heavy atom. The number of hydrogen-bond donors (Lipinski definition) is 2. The normalized spacial score (nSPS) is 27.6. The molecule has 27 heavy (non-hydrogen) atoms. The molecule has 1 amide bonds. The number of carbonyl (C=O) groups is 1. The van der Waals surface area contributed by atoms with Gasteiger partial charge in [0.1, 0.15) is 0 Å². The summed E-state index contributed by atoms with van der Waals surface area (Å²) in [6.45, 7) is 4.12. The van der Waals surface area contributed by atoms with Gasteiger partial charge in [-0.2, -0.15) is 0 Å². The van der Waals surface area contributed by atoms with Gasteiger partial charge >= 0.3 is 0 Å². The smallest absolute Gasteiger partial charge is 0.262 e. The second kappa shape index (κ2) is 8.32. The lowest BCUT2D eigenvalue weighted by atomic mass is 9.98. The Hall–Kier alpha value is -1.38. The zero-order valence-corrected chi connectivity index (χ0v) is 16.0. The lowest BCUT2D eigenvalue weighted by Gasteiger charge is -2.32. The summed E-state index contributed by atoms with van der Waals surface area (Å²) < 4.78 is 53.7. The number of amides is 1. The number of nitrogens with zero attached hydrogens (tertiary/aromatic N) is 1. The fourth-order valence-electron chi connectivity index (χ4n) is 3.85. The molecule has 2 aliphatic rings. The molecule has 2 fully saturated rings. The van der Waals surface area contributed by atoms with E-state index in [0.29, 0.717) is 18.5 Å². The van der Waals surface area contributed by atoms with Gasteiger partial charge in [0, 0.05) is 25.0 Å². The quantitative estimate of drug-likeness (QED) is 0.751. The third-order valence-corrected chi connectivity index (χ3v) is 5.14. The van der Waals surface area contributed by atoms with Gasteiger partial charge in [-0.1, -0.05) is 6.07 Å². The monoisotopic (exact) mass is 409 g/mol. The van der Waals surface area contributed by atoms with Crippen LogP contribution in [-0.2, 0) is 4.79 Å². The first-order chi connectivity index (χ1) is 12.2. The second-order valence-electron chi connectivity index (χ2n) is 7.35. The molecular formula is C18H24ClF4N3O. The van der Waals surface area contributed by atoms with Gasteiger partial charge in [-0.05, 0) is 38.0 Å².